The fourth-order valence-corrected chi connectivity index (χ4v) is 4.65. The van der Waals surface area contributed by atoms with Crippen LogP contribution in [0.1, 0.15) is 51.1 Å². The quantitative estimate of drug-likeness (QED) is 0.0275. The first-order valence-corrected chi connectivity index (χ1v) is 14.8. The predicted molar refractivity (Wildman–Crippen MR) is 170 cm³/mol. The Morgan fingerprint density at radius 2 is 1.47 bits per heavy atom. The van der Waals surface area contributed by atoms with Crippen molar-refractivity contribution in [2.45, 2.75) is 38.4 Å². The fraction of sp³-hybridized carbons (Fsp3) is 0.267. The van der Waals surface area contributed by atoms with Gasteiger partial charge in [0.1, 0.15) is 12.6 Å². The predicted octanol–water partition coefficient (Wildman–Crippen LogP) is -1.33. The van der Waals surface area contributed by atoms with E-state index < -0.39 is 90.7 Å². The number of rotatable bonds is 17. The normalized spacial score (nSPS) is 11.4. The van der Waals surface area contributed by atoms with E-state index in [4.69, 9.17) is 21.0 Å². The number of aliphatic carboxylic acids is 1. The zero-order chi connectivity index (χ0) is 36.2. The van der Waals surface area contributed by atoms with E-state index in [2.05, 4.69) is 16.1 Å². The molecule has 0 bridgehead atoms. The molecule has 0 radical (unpaired) electrons. The third kappa shape index (κ3) is 10.3. The molecule has 0 aromatic heterocycles. The fourth-order valence-electron chi connectivity index (χ4n) is 4.65. The molecule has 3 aromatic carbocycles. The maximum atomic E-state index is 14.8. The van der Waals surface area contributed by atoms with Crippen LogP contribution in [-0.2, 0) is 22.7 Å². The minimum atomic E-state index is -2.28. The van der Waals surface area contributed by atoms with Gasteiger partial charge in [0.2, 0.25) is 5.91 Å². The molecule has 0 unspecified atom stereocenters. The summed E-state index contributed by atoms with van der Waals surface area (Å²) in [6, 6.07) is 8.91. The van der Waals surface area contributed by atoms with Gasteiger partial charge in [-0.3, -0.25) is 25.0 Å². The van der Waals surface area contributed by atoms with Crippen LogP contribution in [0, 0.1) is 23.3 Å². The van der Waals surface area contributed by atoms with Gasteiger partial charge in [-0.25, -0.2) is 23.0 Å². The smallest absolute Gasteiger partial charge is 0.480 e. The second-order valence-corrected chi connectivity index (χ2v) is 10.8. The van der Waals surface area contributed by atoms with E-state index in [-0.39, 0.29) is 31.5 Å². The van der Waals surface area contributed by atoms with Crippen molar-refractivity contribution in [1.29, 1.82) is 0 Å². The lowest BCUT2D eigenvalue weighted by Gasteiger charge is -2.23. The molecule has 0 saturated heterocycles. The van der Waals surface area contributed by atoms with Crippen LogP contribution >= 0.6 is 0 Å². The molecule has 0 saturated carbocycles. The molecule has 0 aliphatic carbocycles. The minimum Gasteiger partial charge on any atom is -0.480 e. The first kappa shape index (κ1) is 38.6. The van der Waals surface area contributed by atoms with Gasteiger partial charge in [-0.15, -0.1) is 0 Å². The first-order chi connectivity index (χ1) is 23.3. The number of hydrazine groups is 1. The number of halogens is 4. The molecule has 1 atom stereocenters. The standard InChI is InChI=1S/C30H33B2F4N5O8/c33-24-18(9-11-21(27(24)36)32(48)49)28(43)39-13-16-4-6-17(7-5-16)14-41(29(44)19-8-10-20(31-47)26(35)25(19)34)15-23(42)38-12-2-1-3-22(40-37)30(45)46/h4-11,22,31,40,47-49H,1-3,12-15,37H2,(H,38,42)(H,39,43)(H,45,46)/t22-/m0/s1. The van der Waals surface area contributed by atoms with Crippen LogP contribution < -0.4 is 32.8 Å². The highest BCUT2D eigenvalue weighted by atomic mass is 19.2. The molecule has 0 aliphatic heterocycles. The van der Waals surface area contributed by atoms with Gasteiger partial charge in [0, 0.05) is 25.1 Å². The zero-order valence-corrected chi connectivity index (χ0v) is 25.9. The van der Waals surface area contributed by atoms with E-state index in [1.54, 1.807) is 0 Å². The molecule has 3 rings (SSSR count). The van der Waals surface area contributed by atoms with Crippen molar-refractivity contribution < 1.29 is 56.9 Å². The SMILES string of the molecule is NN[C@@H](CCCCNC(=O)CN(Cc1ccc(CNC(=O)c2ccc(B(O)O)c(F)c2F)cc1)C(=O)c1ccc(BO)c(F)c1F)C(=O)O. The van der Waals surface area contributed by atoms with E-state index in [0.29, 0.717) is 24.0 Å². The second kappa shape index (κ2) is 18.1. The van der Waals surface area contributed by atoms with Crippen LogP contribution in [0.25, 0.3) is 0 Å². The van der Waals surface area contributed by atoms with Crippen molar-refractivity contribution >= 4 is 49.2 Å². The van der Waals surface area contributed by atoms with Gasteiger partial charge in [0.25, 0.3) is 11.8 Å². The van der Waals surface area contributed by atoms with Gasteiger partial charge in [-0.2, -0.15) is 0 Å². The summed E-state index contributed by atoms with van der Waals surface area (Å²) in [6.45, 7) is -0.851. The van der Waals surface area contributed by atoms with E-state index in [0.717, 1.165) is 29.2 Å². The third-order valence-corrected chi connectivity index (χ3v) is 7.41. The summed E-state index contributed by atoms with van der Waals surface area (Å²) in [4.78, 5) is 50.6. The molecule has 0 aliphatic rings. The summed E-state index contributed by atoms with van der Waals surface area (Å²) in [7, 11) is -3.08. The van der Waals surface area contributed by atoms with Crippen molar-refractivity contribution in [2.24, 2.45) is 5.84 Å². The number of hydrogen-bond donors (Lipinski definition) is 8. The van der Waals surface area contributed by atoms with Crippen molar-refractivity contribution in [1.82, 2.24) is 21.0 Å². The Labute approximate surface area is 278 Å². The molecular weight excluding hydrogens is 656 g/mol. The molecule has 0 heterocycles. The summed E-state index contributed by atoms with van der Waals surface area (Å²) >= 11 is 0. The number of carboxylic acid groups (broad SMARTS) is 1. The maximum absolute atomic E-state index is 14.8. The number of nitrogens with two attached hydrogens (primary N) is 1. The second-order valence-electron chi connectivity index (χ2n) is 10.8. The van der Waals surface area contributed by atoms with Crippen molar-refractivity contribution in [3.63, 3.8) is 0 Å². The lowest BCUT2D eigenvalue weighted by Crippen LogP contribution is -2.42. The van der Waals surface area contributed by atoms with Crippen LogP contribution in [0.4, 0.5) is 17.6 Å². The third-order valence-electron chi connectivity index (χ3n) is 7.41. The first-order valence-electron chi connectivity index (χ1n) is 14.8. The molecule has 19 heteroatoms. The average molecular weight is 689 g/mol. The summed E-state index contributed by atoms with van der Waals surface area (Å²) in [5.41, 5.74) is 0.626. The Balaban J connectivity index is 1.70. The van der Waals surface area contributed by atoms with Crippen LogP contribution in [0.3, 0.4) is 0 Å². The summed E-state index contributed by atoms with van der Waals surface area (Å²) < 4.78 is 57.6. The summed E-state index contributed by atoms with van der Waals surface area (Å²) in [5, 5.41) is 41.4. The Kier molecular flexibility index (Phi) is 14.3. The molecule has 0 spiro atoms. The number of carbonyl (C=O) groups excluding carboxylic acids is 3. The Morgan fingerprint density at radius 1 is 0.837 bits per heavy atom. The Hall–Kier alpha value is -4.81. The number of nitrogens with one attached hydrogen (secondary N) is 3. The van der Waals surface area contributed by atoms with Gasteiger partial charge in [-0.05, 0) is 48.0 Å². The number of amides is 3. The van der Waals surface area contributed by atoms with E-state index in [1.807, 2.05) is 0 Å². The Morgan fingerprint density at radius 3 is 2.08 bits per heavy atom. The highest BCUT2D eigenvalue weighted by Crippen LogP contribution is 2.16. The number of hydrogen-bond acceptors (Lipinski definition) is 9. The number of benzene rings is 3. The lowest BCUT2D eigenvalue weighted by atomic mass is 9.79. The molecule has 3 aromatic rings. The van der Waals surface area contributed by atoms with Crippen LogP contribution in [-0.4, -0.2) is 82.5 Å². The minimum absolute atomic E-state index is 0.121. The summed E-state index contributed by atoms with van der Waals surface area (Å²) in [5.74, 6) is -4.66. The van der Waals surface area contributed by atoms with Crippen LogP contribution in [0.2, 0.25) is 0 Å². The van der Waals surface area contributed by atoms with Crippen molar-refractivity contribution in [3.8, 4) is 0 Å². The zero-order valence-electron chi connectivity index (χ0n) is 25.9. The number of nitrogens with zero attached hydrogens (tertiary/aromatic N) is 1. The van der Waals surface area contributed by atoms with Gasteiger partial charge < -0.3 is 35.7 Å². The molecular formula is C30H33B2F4N5O8. The number of unbranched alkanes of at least 4 members (excludes halogenated alkanes) is 1. The van der Waals surface area contributed by atoms with Crippen LogP contribution in [0.5, 0.6) is 0 Å². The monoisotopic (exact) mass is 689 g/mol. The average Bonchev–Trinajstić information content (AvgIpc) is 3.07. The largest absolute Gasteiger partial charge is 0.491 e. The van der Waals surface area contributed by atoms with Crippen LogP contribution in [0.15, 0.2) is 48.5 Å². The van der Waals surface area contributed by atoms with E-state index >= 15 is 0 Å². The topological polar surface area (TPSA) is 215 Å². The molecule has 3 amide bonds. The van der Waals surface area contributed by atoms with E-state index in [9.17, 15) is 41.8 Å². The highest BCUT2D eigenvalue weighted by molar-refractivity contribution is 6.58. The van der Waals surface area contributed by atoms with Crippen molar-refractivity contribution in [3.05, 3.63) is 94.1 Å². The molecule has 13 nitrogen and oxygen atoms in total. The summed E-state index contributed by atoms with van der Waals surface area (Å²) in [6.07, 6.45) is 0.966. The molecule has 9 N–H and O–H groups in total. The maximum Gasteiger partial charge on any atom is 0.491 e. The van der Waals surface area contributed by atoms with E-state index in [1.165, 1.54) is 24.3 Å². The number of carboxylic acids is 1. The van der Waals surface area contributed by atoms with Gasteiger partial charge in [-0.1, -0.05) is 36.4 Å². The van der Waals surface area contributed by atoms with Gasteiger partial charge >= 0.3 is 20.6 Å². The Bertz CT molecular complexity index is 1670. The van der Waals surface area contributed by atoms with Gasteiger partial charge in [0.05, 0.1) is 11.1 Å². The molecule has 0 fully saturated rings. The molecule has 260 valence electrons. The lowest BCUT2D eigenvalue weighted by molar-refractivity contribution is -0.139. The number of carbonyl (C=O) groups is 4. The van der Waals surface area contributed by atoms with Crippen molar-refractivity contribution in [2.75, 3.05) is 13.1 Å². The highest BCUT2D eigenvalue weighted by Gasteiger charge is 2.26. The van der Waals surface area contributed by atoms with Gasteiger partial charge in [0.15, 0.2) is 23.3 Å². The molecule has 49 heavy (non-hydrogen) atoms.